The summed E-state index contributed by atoms with van der Waals surface area (Å²) in [4.78, 5) is 0. The average molecular weight is 227 g/mol. The van der Waals surface area contributed by atoms with Gasteiger partial charge in [0.25, 0.3) is 0 Å². The van der Waals surface area contributed by atoms with Gasteiger partial charge in [0.1, 0.15) is 23.5 Å². The number of halogens is 3. The van der Waals surface area contributed by atoms with Crippen LogP contribution in [0.3, 0.4) is 0 Å². The molecule has 0 saturated carbocycles. The summed E-state index contributed by atoms with van der Waals surface area (Å²) in [6, 6.07) is 0.368. The molecule has 0 aliphatic rings. The first-order valence-electron chi connectivity index (χ1n) is 4.94. The molecule has 1 aromatic rings. The minimum Gasteiger partial charge on any atom is -0.300 e. The van der Waals surface area contributed by atoms with Gasteiger partial charge in [0.05, 0.1) is 5.56 Å². The van der Waals surface area contributed by atoms with Crippen molar-refractivity contribution in [1.29, 1.82) is 0 Å². The predicted molar refractivity (Wildman–Crippen MR) is 56.2 cm³/mol. The van der Waals surface area contributed by atoms with Crippen molar-refractivity contribution in [3.05, 3.63) is 35.1 Å². The van der Waals surface area contributed by atoms with E-state index < -0.39 is 23.5 Å². The first-order chi connectivity index (χ1) is 7.60. The molecule has 1 N–H and O–H groups in total. The van der Waals surface area contributed by atoms with Gasteiger partial charge in [-0.3, -0.25) is 5.32 Å². The quantitative estimate of drug-likeness (QED) is 0.780. The van der Waals surface area contributed by atoms with Gasteiger partial charge < -0.3 is 0 Å². The van der Waals surface area contributed by atoms with E-state index in [0.29, 0.717) is 18.7 Å². The van der Waals surface area contributed by atoms with Crippen LogP contribution in [0.1, 0.15) is 24.9 Å². The molecule has 4 heteroatoms. The zero-order valence-electron chi connectivity index (χ0n) is 8.86. The van der Waals surface area contributed by atoms with Gasteiger partial charge in [-0.25, -0.2) is 13.2 Å². The summed E-state index contributed by atoms with van der Waals surface area (Å²) in [6.07, 6.45) is 5.96. The van der Waals surface area contributed by atoms with E-state index >= 15 is 0 Å². The Labute approximate surface area is 92.7 Å². The normalized spacial score (nSPS) is 12.2. The molecule has 1 unspecified atom stereocenters. The topological polar surface area (TPSA) is 12.0 Å². The summed E-state index contributed by atoms with van der Waals surface area (Å²) in [7, 11) is 0. The monoisotopic (exact) mass is 227 g/mol. The van der Waals surface area contributed by atoms with Crippen molar-refractivity contribution in [1.82, 2.24) is 5.32 Å². The van der Waals surface area contributed by atoms with Crippen molar-refractivity contribution in [2.75, 3.05) is 6.54 Å². The lowest BCUT2D eigenvalue weighted by molar-refractivity contribution is 0.496. The van der Waals surface area contributed by atoms with Crippen LogP contribution >= 0.6 is 0 Å². The van der Waals surface area contributed by atoms with E-state index in [2.05, 4.69) is 11.2 Å². The molecule has 0 saturated heterocycles. The van der Waals surface area contributed by atoms with Gasteiger partial charge in [-0.1, -0.05) is 12.8 Å². The van der Waals surface area contributed by atoms with Crippen molar-refractivity contribution in [3.8, 4) is 12.3 Å². The molecule has 16 heavy (non-hydrogen) atoms. The Morgan fingerprint density at radius 1 is 1.31 bits per heavy atom. The van der Waals surface area contributed by atoms with Crippen LogP contribution in [-0.2, 0) is 0 Å². The highest BCUT2D eigenvalue weighted by molar-refractivity contribution is 5.29. The van der Waals surface area contributed by atoms with Gasteiger partial charge in [-0.2, -0.15) is 0 Å². The smallest absolute Gasteiger partial charge is 0.134 e. The maximum atomic E-state index is 13.4. The largest absolute Gasteiger partial charge is 0.300 e. The second-order valence-electron chi connectivity index (χ2n) is 3.34. The average Bonchev–Trinajstić information content (AvgIpc) is 2.21. The predicted octanol–water partition coefficient (Wildman–Crippen LogP) is 2.78. The van der Waals surface area contributed by atoms with E-state index in [1.807, 2.05) is 6.92 Å². The van der Waals surface area contributed by atoms with Crippen LogP contribution in [0.4, 0.5) is 13.2 Å². The van der Waals surface area contributed by atoms with Crippen LogP contribution < -0.4 is 5.32 Å². The van der Waals surface area contributed by atoms with Crippen LogP contribution in [0.15, 0.2) is 12.1 Å². The maximum Gasteiger partial charge on any atom is 0.134 e. The van der Waals surface area contributed by atoms with E-state index in [-0.39, 0.29) is 5.56 Å². The second kappa shape index (κ2) is 5.57. The standard InChI is InChI=1S/C12H12F3N/c1-3-5-16-11(4-2)12-9(14)6-8(13)7-10(12)15/h2,6-7,11,16H,3,5H2,1H3. The van der Waals surface area contributed by atoms with Crippen LogP contribution in [-0.4, -0.2) is 6.54 Å². The Balaban J connectivity index is 3.06. The Bertz CT molecular complexity index is 386. The Morgan fingerprint density at radius 2 is 1.88 bits per heavy atom. The van der Waals surface area contributed by atoms with Gasteiger partial charge in [-0.05, 0) is 13.0 Å². The van der Waals surface area contributed by atoms with Gasteiger partial charge >= 0.3 is 0 Å². The fourth-order valence-electron chi connectivity index (χ4n) is 1.36. The fraction of sp³-hybridized carbons (Fsp3) is 0.333. The zero-order chi connectivity index (χ0) is 12.1. The second-order valence-corrected chi connectivity index (χ2v) is 3.34. The van der Waals surface area contributed by atoms with Crippen molar-refractivity contribution >= 4 is 0 Å². The molecule has 86 valence electrons. The molecular weight excluding hydrogens is 215 g/mol. The molecule has 0 aromatic heterocycles. The van der Waals surface area contributed by atoms with E-state index in [9.17, 15) is 13.2 Å². The first kappa shape index (κ1) is 12.6. The molecular formula is C12H12F3N. The molecule has 0 aliphatic heterocycles. The summed E-state index contributed by atoms with van der Waals surface area (Å²) in [5, 5.41) is 2.80. The van der Waals surface area contributed by atoms with E-state index in [1.165, 1.54) is 0 Å². The van der Waals surface area contributed by atoms with Crippen LogP contribution in [0.2, 0.25) is 0 Å². The van der Waals surface area contributed by atoms with Crippen molar-refractivity contribution in [2.24, 2.45) is 0 Å². The van der Waals surface area contributed by atoms with Gasteiger partial charge in [0, 0.05) is 12.1 Å². The number of nitrogens with one attached hydrogen (secondary N) is 1. The number of hydrogen-bond donors (Lipinski definition) is 1. The lowest BCUT2D eigenvalue weighted by atomic mass is 10.1. The molecule has 1 nitrogen and oxygen atoms in total. The third-order valence-electron chi connectivity index (χ3n) is 2.10. The Morgan fingerprint density at radius 3 is 2.31 bits per heavy atom. The summed E-state index contributed by atoms with van der Waals surface area (Å²) in [5.41, 5.74) is -0.308. The summed E-state index contributed by atoms with van der Waals surface area (Å²) in [5.74, 6) is -0.650. The van der Waals surface area contributed by atoms with Crippen LogP contribution in [0.5, 0.6) is 0 Å². The third-order valence-corrected chi connectivity index (χ3v) is 2.10. The summed E-state index contributed by atoms with van der Waals surface area (Å²) >= 11 is 0. The van der Waals surface area contributed by atoms with Crippen LogP contribution in [0.25, 0.3) is 0 Å². The van der Waals surface area contributed by atoms with Gasteiger partial charge in [0.2, 0.25) is 0 Å². The lowest BCUT2D eigenvalue weighted by Gasteiger charge is -2.14. The Kier molecular flexibility index (Phi) is 4.39. The molecule has 0 heterocycles. The minimum absolute atomic E-state index is 0.308. The molecule has 0 radical (unpaired) electrons. The molecule has 1 rings (SSSR count). The zero-order valence-corrected chi connectivity index (χ0v) is 8.86. The van der Waals surface area contributed by atoms with Crippen molar-refractivity contribution in [3.63, 3.8) is 0 Å². The fourth-order valence-corrected chi connectivity index (χ4v) is 1.36. The molecule has 0 bridgehead atoms. The molecule has 1 atom stereocenters. The SMILES string of the molecule is C#CC(NCCC)c1c(F)cc(F)cc1F. The highest BCUT2D eigenvalue weighted by Gasteiger charge is 2.18. The number of terminal acetylenes is 1. The molecule has 0 fully saturated rings. The summed E-state index contributed by atoms with van der Waals surface area (Å²) in [6.45, 7) is 2.43. The van der Waals surface area contributed by atoms with Crippen molar-refractivity contribution < 1.29 is 13.2 Å². The number of hydrogen-bond acceptors (Lipinski definition) is 1. The molecule has 0 amide bonds. The number of rotatable bonds is 4. The first-order valence-corrected chi connectivity index (χ1v) is 4.94. The Hall–Kier alpha value is -1.47. The molecule has 0 aliphatic carbocycles. The molecule has 1 aromatic carbocycles. The maximum absolute atomic E-state index is 13.4. The molecule has 0 spiro atoms. The highest BCUT2D eigenvalue weighted by Crippen LogP contribution is 2.21. The van der Waals surface area contributed by atoms with Crippen molar-refractivity contribution in [2.45, 2.75) is 19.4 Å². The van der Waals surface area contributed by atoms with Gasteiger partial charge in [-0.15, -0.1) is 6.42 Å². The van der Waals surface area contributed by atoms with Crippen LogP contribution in [0, 0.1) is 29.8 Å². The lowest BCUT2D eigenvalue weighted by Crippen LogP contribution is -2.23. The third kappa shape index (κ3) is 2.77. The highest BCUT2D eigenvalue weighted by atomic mass is 19.1. The van der Waals surface area contributed by atoms with E-state index in [1.54, 1.807) is 0 Å². The number of benzene rings is 1. The minimum atomic E-state index is -0.968. The van der Waals surface area contributed by atoms with Gasteiger partial charge in [0.15, 0.2) is 0 Å². The van der Waals surface area contributed by atoms with E-state index in [4.69, 9.17) is 6.42 Å². The van der Waals surface area contributed by atoms with E-state index in [0.717, 1.165) is 6.42 Å². The summed E-state index contributed by atoms with van der Waals surface area (Å²) < 4.78 is 39.4.